The zero-order valence-corrected chi connectivity index (χ0v) is 10.8. The summed E-state index contributed by atoms with van der Waals surface area (Å²) in [5.74, 6) is -0.670. The molecule has 0 aliphatic carbocycles. The van der Waals surface area contributed by atoms with Gasteiger partial charge < -0.3 is 15.8 Å². The Morgan fingerprint density at radius 3 is 2.72 bits per heavy atom. The number of hydrogen-bond donors (Lipinski definition) is 2. The summed E-state index contributed by atoms with van der Waals surface area (Å²) in [7, 11) is 0. The van der Waals surface area contributed by atoms with E-state index in [1.54, 1.807) is 13.0 Å². The van der Waals surface area contributed by atoms with Crippen LogP contribution in [0.25, 0.3) is 0 Å². The molecule has 1 rings (SSSR count). The third-order valence-electron chi connectivity index (χ3n) is 2.10. The minimum atomic E-state index is -0.344. The molecule has 0 atom stereocenters. The second-order valence-corrected chi connectivity index (χ2v) is 4.02. The van der Waals surface area contributed by atoms with Gasteiger partial charge in [0, 0.05) is 22.8 Å². The smallest absolute Gasteiger partial charge is 0.307 e. The van der Waals surface area contributed by atoms with Gasteiger partial charge >= 0.3 is 5.97 Å². The first kappa shape index (κ1) is 14.3. The van der Waals surface area contributed by atoms with Gasteiger partial charge in [0.25, 0.3) is 5.91 Å². The summed E-state index contributed by atoms with van der Waals surface area (Å²) in [5, 5.41) is 2.98. The van der Waals surface area contributed by atoms with Gasteiger partial charge in [-0.15, -0.1) is 0 Å². The number of ether oxygens (including phenoxy) is 1. The minimum Gasteiger partial charge on any atom is -0.466 e. The van der Waals surface area contributed by atoms with Crippen LogP contribution in [0.1, 0.15) is 23.7 Å². The first-order chi connectivity index (χ1) is 8.52. The molecule has 6 heteroatoms. The van der Waals surface area contributed by atoms with Crippen molar-refractivity contribution in [3.8, 4) is 0 Å². The van der Waals surface area contributed by atoms with Crippen LogP contribution < -0.4 is 11.1 Å². The Labute approximate surface area is 110 Å². The number of carbonyl (C=O) groups is 2. The van der Waals surface area contributed by atoms with Gasteiger partial charge in [-0.3, -0.25) is 9.59 Å². The maximum atomic E-state index is 11.7. The summed E-state index contributed by atoms with van der Waals surface area (Å²) in [6.45, 7) is 2.27. The number of esters is 1. The van der Waals surface area contributed by atoms with Crippen molar-refractivity contribution in [3.05, 3.63) is 28.8 Å². The molecule has 0 unspecified atom stereocenters. The van der Waals surface area contributed by atoms with E-state index >= 15 is 0 Å². The monoisotopic (exact) mass is 270 g/mol. The van der Waals surface area contributed by atoms with Crippen LogP contribution in [0.15, 0.2) is 18.2 Å². The number of carbonyl (C=O) groups excluding carboxylic acids is 2. The third-order valence-corrected chi connectivity index (χ3v) is 2.32. The fourth-order valence-electron chi connectivity index (χ4n) is 1.36. The van der Waals surface area contributed by atoms with E-state index < -0.39 is 0 Å². The number of amides is 1. The van der Waals surface area contributed by atoms with Gasteiger partial charge in [-0.1, -0.05) is 11.6 Å². The standard InChI is InChI=1S/C12H15ClN2O3/c1-2-18-11(16)3-4-15-12(17)8-5-9(13)7-10(14)6-8/h5-7H,2-4,14H2,1H3,(H,15,17). The van der Waals surface area contributed by atoms with E-state index in [4.69, 9.17) is 22.1 Å². The highest BCUT2D eigenvalue weighted by atomic mass is 35.5. The average Bonchev–Trinajstić information content (AvgIpc) is 2.27. The molecule has 0 aliphatic heterocycles. The molecule has 0 saturated heterocycles. The molecule has 0 aliphatic rings. The molecule has 0 spiro atoms. The normalized spacial score (nSPS) is 9.89. The molecule has 0 saturated carbocycles. The Balaban J connectivity index is 2.48. The maximum Gasteiger partial charge on any atom is 0.307 e. The molecule has 0 aromatic heterocycles. The first-order valence-electron chi connectivity index (χ1n) is 5.52. The first-order valence-corrected chi connectivity index (χ1v) is 5.90. The van der Waals surface area contributed by atoms with E-state index in [2.05, 4.69) is 5.32 Å². The van der Waals surface area contributed by atoms with Gasteiger partial charge in [0.1, 0.15) is 0 Å². The predicted octanol–water partition coefficient (Wildman–Crippen LogP) is 1.61. The zero-order valence-electron chi connectivity index (χ0n) is 10.0. The molecule has 18 heavy (non-hydrogen) atoms. The summed E-state index contributed by atoms with van der Waals surface area (Å²) in [4.78, 5) is 22.8. The summed E-state index contributed by atoms with van der Waals surface area (Å²) >= 11 is 5.79. The SMILES string of the molecule is CCOC(=O)CCNC(=O)c1cc(N)cc(Cl)c1. The fraction of sp³-hybridized carbons (Fsp3) is 0.333. The van der Waals surface area contributed by atoms with Crippen molar-refractivity contribution < 1.29 is 14.3 Å². The molecule has 3 N–H and O–H groups in total. The zero-order chi connectivity index (χ0) is 13.5. The van der Waals surface area contributed by atoms with Crippen molar-refractivity contribution in [2.75, 3.05) is 18.9 Å². The van der Waals surface area contributed by atoms with Gasteiger partial charge in [0.05, 0.1) is 13.0 Å². The van der Waals surface area contributed by atoms with E-state index in [9.17, 15) is 9.59 Å². The summed E-state index contributed by atoms with van der Waals surface area (Å²) < 4.78 is 4.74. The molecule has 0 bridgehead atoms. The molecular formula is C12H15ClN2O3. The Hall–Kier alpha value is -1.75. The van der Waals surface area contributed by atoms with E-state index in [0.29, 0.717) is 22.9 Å². The summed E-state index contributed by atoms with van der Waals surface area (Å²) in [6, 6.07) is 4.58. The van der Waals surface area contributed by atoms with Gasteiger partial charge in [0.15, 0.2) is 0 Å². The molecule has 0 heterocycles. The van der Waals surface area contributed by atoms with Crippen molar-refractivity contribution in [2.24, 2.45) is 0 Å². The van der Waals surface area contributed by atoms with Crippen molar-refractivity contribution in [3.63, 3.8) is 0 Å². The Bertz CT molecular complexity index is 429. The predicted molar refractivity (Wildman–Crippen MR) is 69.4 cm³/mol. The van der Waals surface area contributed by atoms with Crippen LogP contribution >= 0.6 is 11.6 Å². The number of nitrogen functional groups attached to an aromatic ring is 1. The van der Waals surface area contributed by atoms with Gasteiger partial charge in [-0.05, 0) is 25.1 Å². The average molecular weight is 271 g/mol. The largest absolute Gasteiger partial charge is 0.466 e. The lowest BCUT2D eigenvalue weighted by Crippen LogP contribution is -2.26. The van der Waals surface area contributed by atoms with Crippen LogP contribution in [0.4, 0.5) is 5.69 Å². The number of rotatable bonds is 5. The fourth-order valence-corrected chi connectivity index (χ4v) is 1.60. The van der Waals surface area contributed by atoms with Crippen molar-refractivity contribution in [1.82, 2.24) is 5.32 Å². The highest BCUT2D eigenvalue weighted by Crippen LogP contribution is 2.16. The summed E-state index contributed by atoms with van der Waals surface area (Å²) in [5.41, 5.74) is 6.35. The Morgan fingerprint density at radius 1 is 1.39 bits per heavy atom. The molecule has 98 valence electrons. The van der Waals surface area contributed by atoms with Crippen LogP contribution in [0.3, 0.4) is 0 Å². The van der Waals surface area contributed by atoms with Crippen LogP contribution in [-0.4, -0.2) is 25.0 Å². The Kier molecular flexibility index (Phi) is 5.45. The highest BCUT2D eigenvalue weighted by Gasteiger charge is 2.08. The second-order valence-electron chi connectivity index (χ2n) is 3.58. The lowest BCUT2D eigenvalue weighted by atomic mass is 10.2. The van der Waals surface area contributed by atoms with E-state index in [1.165, 1.54) is 12.1 Å². The highest BCUT2D eigenvalue weighted by molar-refractivity contribution is 6.31. The van der Waals surface area contributed by atoms with Crippen molar-refractivity contribution >= 4 is 29.2 Å². The molecule has 1 amide bonds. The van der Waals surface area contributed by atoms with Crippen LogP contribution in [0.5, 0.6) is 0 Å². The van der Waals surface area contributed by atoms with Crippen molar-refractivity contribution in [2.45, 2.75) is 13.3 Å². The third kappa shape index (κ3) is 4.63. The quantitative estimate of drug-likeness (QED) is 0.629. The topological polar surface area (TPSA) is 81.4 Å². The van der Waals surface area contributed by atoms with E-state index in [0.717, 1.165) is 0 Å². The maximum absolute atomic E-state index is 11.7. The molecular weight excluding hydrogens is 256 g/mol. The van der Waals surface area contributed by atoms with Gasteiger partial charge in [-0.25, -0.2) is 0 Å². The lowest BCUT2D eigenvalue weighted by molar-refractivity contribution is -0.142. The lowest BCUT2D eigenvalue weighted by Gasteiger charge is -2.06. The van der Waals surface area contributed by atoms with Crippen LogP contribution in [-0.2, 0) is 9.53 Å². The molecule has 1 aromatic rings. The number of benzene rings is 1. The number of anilines is 1. The molecule has 0 radical (unpaired) electrons. The molecule has 0 fully saturated rings. The number of nitrogens with two attached hydrogens (primary N) is 1. The van der Waals surface area contributed by atoms with Gasteiger partial charge in [0.2, 0.25) is 0 Å². The minimum absolute atomic E-state index is 0.135. The van der Waals surface area contributed by atoms with Crippen LogP contribution in [0, 0.1) is 0 Å². The van der Waals surface area contributed by atoms with E-state index in [1.807, 2.05) is 0 Å². The van der Waals surface area contributed by atoms with Crippen molar-refractivity contribution in [1.29, 1.82) is 0 Å². The number of halogens is 1. The number of nitrogens with one attached hydrogen (secondary N) is 1. The van der Waals surface area contributed by atoms with E-state index in [-0.39, 0.29) is 24.8 Å². The Morgan fingerprint density at radius 2 is 2.11 bits per heavy atom. The summed E-state index contributed by atoms with van der Waals surface area (Å²) in [6.07, 6.45) is 0.135. The van der Waals surface area contributed by atoms with Gasteiger partial charge in [-0.2, -0.15) is 0 Å². The second kappa shape index (κ2) is 6.86. The molecule has 1 aromatic carbocycles. The van der Waals surface area contributed by atoms with Crippen LogP contribution in [0.2, 0.25) is 5.02 Å². The molecule has 5 nitrogen and oxygen atoms in total. The number of hydrogen-bond acceptors (Lipinski definition) is 4.